The highest BCUT2D eigenvalue weighted by atomic mass is 79.9. The number of hydrogen-bond donors (Lipinski definition) is 1. The zero-order valence-corrected chi connectivity index (χ0v) is 19.5. The number of hydrogen-bond acceptors (Lipinski definition) is 6. The molecule has 6 nitrogen and oxygen atoms in total. The van der Waals surface area contributed by atoms with Crippen molar-refractivity contribution in [3.8, 4) is 5.75 Å². The summed E-state index contributed by atoms with van der Waals surface area (Å²) in [5.41, 5.74) is 1.67. The van der Waals surface area contributed by atoms with Crippen LogP contribution in [0.5, 0.6) is 5.75 Å². The number of aliphatic hydroxyl groups is 1. The summed E-state index contributed by atoms with van der Waals surface area (Å²) in [6, 6.07) is 4.24. The molecule has 1 aliphatic carbocycles. The topological polar surface area (TPSA) is 62.2 Å². The maximum absolute atomic E-state index is 12.1. The Morgan fingerprint density at radius 1 is 1.40 bits per heavy atom. The summed E-state index contributed by atoms with van der Waals surface area (Å²) in [5, 5.41) is 11.8. The van der Waals surface area contributed by atoms with E-state index < -0.39 is 17.6 Å². The SMILES string of the molecule is CC[C@]12C=CCN3CCC4(c5cc(Br)c(OC)cc5N(C)C4C(O)C1OC(C)=O)[C@@H]32. The Balaban J connectivity index is 1.78. The number of aliphatic hydroxyl groups excluding tert-OH is 1. The van der Waals surface area contributed by atoms with Crippen LogP contribution in [0.3, 0.4) is 0 Å². The minimum Gasteiger partial charge on any atom is -0.495 e. The predicted molar refractivity (Wildman–Crippen MR) is 118 cm³/mol. The average Bonchev–Trinajstić information content (AvgIpc) is 3.22. The fourth-order valence-electron chi connectivity index (χ4n) is 7.18. The molecule has 6 atom stereocenters. The molecule has 0 amide bonds. The first-order chi connectivity index (χ1) is 14.3. The number of carbonyl (C=O) groups is 1. The van der Waals surface area contributed by atoms with Gasteiger partial charge in [-0.25, -0.2) is 0 Å². The van der Waals surface area contributed by atoms with Gasteiger partial charge in [0.2, 0.25) is 0 Å². The van der Waals surface area contributed by atoms with E-state index >= 15 is 0 Å². The van der Waals surface area contributed by atoms with Crippen LogP contribution in [0.15, 0.2) is 28.8 Å². The first-order valence-electron chi connectivity index (χ1n) is 10.7. The molecule has 5 rings (SSSR count). The Morgan fingerprint density at radius 3 is 2.83 bits per heavy atom. The van der Waals surface area contributed by atoms with Crippen LogP contribution in [-0.2, 0) is 14.9 Å². The lowest BCUT2D eigenvalue weighted by Crippen LogP contribution is -2.74. The highest BCUT2D eigenvalue weighted by molar-refractivity contribution is 9.10. The monoisotopic (exact) mass is 476 g/mol. The lowest BCUT2D eigenvalue weighted by Gasteiger charge is -2.60. The normalized spacial score (nSPS) is 38.8. The number of fused-ring (bicyclic) bond motifs is 1. The molecule has 162 valence electrons. The van der Waals surface area contributed by atoms with Gasteiger partial charge in [-0.2, -0.15) is 0 Å². The zero-order valence-electron chi connectivity index (χ0n) is 17.9. The van der Waals surface area contributed by atoms with Crippen molar-refractivity contribution < 1.29 is 19.4 Å². The number of benzene rings is 1. The van der Waals surface area contributed by atoms with Crippen LogP contribution in [0.2, 0.25) is 0 Å². The molecule has 1 aromatic rings. The van der Waals surface area contributed by atoms with E-state index in [9.17, 15) is 9.90 Å². The van der Waals surface area contributed by atoms with Gasteiger partial charge < -0.3 is 19.5 Å². The fourth-order valence-corrected chi connectivity index (χ4v) is 7.69. The largest absolute Gasteiger partial charge is 0.495 e. The Labute approximate surface area is 185 Å². The molecule has 1 saturated heterocycles. The molecule has 1 saturated carbocycles. The lowest BCUT2D eigenvalue weighted by molar-refractivity contribution is -0.184. The van der Waals surface area contributed by atoms with Gasteiger partial charge in [0, 0.05) is 49.1 Å². The minimum atomic E-state index is -0.796. The molecule has 3 heterocycles. The van der Waals surface area contributed by atoms with E-state index in [1.54, 1.807) is 7.11 Å². The molecule has 30 heavy (non-hydrogen) atoms. The molecular weight excluding hydrogens is 448 g/mol. The molecule has 2 fully saturated rings. The summed E-state index contributed by atoms with van der Waals surface area (Å²) in [5.74, 6) is 0.437. The van der Waals surface area contributed by atoms with E-state index in [4.69, 9.17) is 9.47 Å². The molecule has 1 N–H and O–H groups in total. The number of halogens is 1. The number of nitrogens with zero attached hydrogens (tertiary/aromatic N) is 2. The average molecular weight is 477 g/mol. The number of ether oxygens (including phenoxy) is 2. The van der Waals surface area contributed by atoms with Crippen LogP contribution in [0.1, 0.15) is 32.3 Å². The Morgan fingerprint density at radius 2 is 2.17 bits per heavy atom. The second-order valence-corrected chi connectivity index (χ2v) is 9.99. The number of methoxy groups -OCH3 is 1. The van der Waals surface area contributed by atoms with Gasteiger partial charge in [0.15, 0.2) is 0 Å². The molecule has 7 heteroatoms. The van der Waals surface area contributed by atoms with E-state index in [-0.39, 0.29) is 23.5 Å². The summed E-state index contributed by atoms with van der Waals surface area (Å²) in [4.78, 5) is 16.8. The van der Waals surface area contributed by atoms with Gasteiger partial charge in [-0.3, -0.25) is 9.69 Å². The van der Waals surface area contributed by atoms with Crippen molar-refractivity contribution >= 4 is 27.6 Å². The summed E-state index contributed by atoms with van der Waals surface area (Å²) in [7, 11) is 3.71. The Hall–Kier alpha value is -1.57. The third-order valence-electron chi connectivity index (χ3n) is 8.11. The number of anilines is 1. The van der Waals surface area contributed by atoms with E-state index in [0.717, 1.165) is 41.8 Å². The Kier molecular flexibility index (Phi) is 4.55. The third-order valence-corrected chi connectivity index (χ3v) is 8.73. The smallest absolute Gasteiger partial charge is 0.303 e. The van der Waals surface area contributed by atoms with Crippen molar-refractivity contribution in [2.75, 3.05) is 32.1 Å². The van der Waals surface area contributed by atoms with E-state index in [1.807, 2.05) is 7.05 Å². The number of likely N-dealkylation sites (N-methyl/N-ethyl adjacent to an activating group) is 1. The summed E-state index contributed by atoms with van der Waals surface area (Å²) < 4.78 is 12.4. The standard InChI is InChI=1S/C23H29BrN2O4/c1-5-22-7-6-9-26-10-8-23(21(22)26)14-11-15(24)17(29-4)12-16(14)25(3)19(23)18(28)20(22)30-13(2)27/h6-7,11-12,18-21,28H,5,8-10H2,1-4H3/t18?,19?,20?,21-,22-,23?/m0/s1. The van der Waals surface area contributed by atoms with Crippen molar-refractivity contribution in [2.45, 2.75) is 56.4 Å². The Bertz CT molecular complexity index is 936. The second-order valence-electron chi connectivity index (χ2n) is 9.14. The van der Waals surface area contributed by atoms with Crippen LogP contribution in [0, 0.1) is 5.41 Å². The molecule has 4 unspecified atom stereocenters. The summed E-state index contributed by atoms with van der Waals surface area (Å²) in [6.45, 7) is 5.43. The zero-order chi connectivity index (χ0) is 21.4. The maximum Gasteiger partial charge on any atom is 0.303 e. The van der Waals surface area contributed by atoms with Gasteiger partial charge >= 0.3 is 5.97 Å². The predicted octanol–water partition coefficient (Wildman–Crippen LogP) is 2.86. The van der Waals surface area contributed by atoms with Crippen molar-refractivity contribution in [3.05, 3.63) is 34.3 Å². The molecule has 3 aliphatic heterocycles. The minimum absolute atomic E-state index is 0.154. The van der Waals surface area contributed by atoms with Crippen molar-refractivity contribution in [3.63, 3.8) is 0 Å². The van der Waals surface area contributed by atoms with Gasteiger partial charge in [-0.15, -0.1) is 0 Å². The van der Waals surface area contributed by atoms with Crippen LogP contribution in [0.4, 0.5) is 5.69 Å². The van der Waals surface area contributed by atoms with E-state index in [1.165, 1.54) is 12.5 Å². The lowest BCUT2D eigenvalue weighted by atomic mass is 9.51. The van der Waals surface area contributed by atoms with E-state index in [2.05, 4.69) is 56.9 Å². The van der Waals surface area contributed by atoms with Crippen molar-refractivity contribution in [2.24, 2.45) is 5.41 Å². The molecule has 4 aliphatic rings. The molecular formula is C23H29BrN2O4. The number of carbonyl (C=O) groups excluding carboxylic acids is 1. The maximum atomic E-state index is 12.1. The first-order valence-corrected chi connectivity index (χ1v) is 11.5. The summed E-state index contributed by atoms with van der Waals surface area (Å²) >= 11 is 3.69. The quantitative estimate of drug-likeness (QED) is 0.534. The van der Waals surface area contributed by atoms with Gasteiger partial charge in [-0.05, 0) is 46.9 Å². The molecule has 1 spiro atoms. The fraction of sp³-hybridized carbons (Fsp3) is 0.609. The van der Waals surface area contributed by atoms with Crippen LogP contribution < -0.4 is 9.64 Å². The first kappa shape index (κ1) is 20.3. The van der Waals surface area contributed by atoms with Crippen molar-refractivity contribution in [1.29, 1.82) is 0 Å². The summed E-state index contributed by atoms with van der Waals surface area (Å²) in [6.07, 6.45) is 4.80. The van der Waals surface area contributed by atoms with Gasteiger partial charge in [-0.1, -0.05) is 19.1 Å². The number of rotatable bonds is 3. The van der Waals surface area contributed by atoms with Crippen LogP contribution in [-0.4, -0.2) is 67.5 Å². The number of esters is 1. The molecule has 0 radical (unpaired) electrons. The second kappa shape index (κ2) is 6.71. The van der Waals surface area contributed by atoms with Crippen molar-refractivity contribution in [1.82, 2.24) is 4.90 Å². The van der Waals surface area contributed by atoms with Crippen LogP contribution in [0.25, 0.3) is 0 Å². The molecule has 0 bridgehead atoms. The third kappa shape index (κ3) is 2.29. The van der Waals surface area contributed by atoms with Gasteiger partial charge in [0.05, 0.1) is 17.6 Å². The molecule has 0 aromatic heterocycles. The highest BCUT2D eigenvalue weighted by Gasteiger charge is 2.73. The highest BCUT2D eigenvalue weighted by Crippen LogP contribution is 2.65. The van der Waals surface area contributed by atoms with Gasteiger partial charge in [0.25, 0.3) is 0 Å². The molecule has 1 aromatic carbocycles. The van der Waals surface area contributed by atoms with Crippen LogP contribution >= 0.6 is 15.9 Å². The van der Waals surface area contributed by atoms with E-state index in [0.29, 0.717) is 0 Å². The van der Waals surface area contributed by atoms with Gasteiger partial charge in [0.1, 0.15) is 18.0 Å².